The van der Waals surface area contributed by atoms with E-state index in [0.29, 0.717) is 25.0 Å². The van der Waals surface area contributed by atoms with Gasteiger partial charge in [-0.2, -0.15) is 26.3 Å². The molecule has 6 rings (SSSR count). The van der Waals surface area contributed by atoms with Gasteiger partial charge < -0.3 is 10.0 Å². The van der Waals surface area contributed by atoms with Crippen LogP contribution < -0.4 is 0 Å². The van der Waals surface area contributed by atoms with Crippen molar-refractivity contribution in [2.45, 2.75) is 104 Å². The van der Waals surface area contributed by atoms with Gasteiger partial charge in [0.25, 0.3) is 6.47 Å². The highest BCUT2D eigenvalue weighted by Gasteiger charge is 2.74. The molecule has 0 spiro atoms. The van der Waals surface area contributed by atoms with Crippen LogP contribution in [0.1, 0.15) is 86.0 Å². The topological polar surface area (TPSA) is 91.8 Å². The summed E-state index contributed by atoms with van der Waals surface area (Å²) in [6.45, 7) is -0.166. The number of carbonyl (C=O) groups excluding carboxylic acids is 1. The number of sulfone groups is 1. The number of rotatable bonds is 5. The second kappa shape index (κ2) is 12.1. The number of halogens is 7. The first-order valence-electron chi connectivity index (χ1n) is 15.2. The fourth-order valence-corrected chi connectivity index (χ4v) is 10.1. The maximum atomic E-state index is 15.0. The number of benzene rings is 2. The van der Waals surface area contributed by atoms with Crippen molar-refractivity contribution in [3.8, 4) is 0 Å². The van der Waals surface area contributed by atoms with Gasteiger partial charge in [0.1, 0.15) is 4.75 Å². The molecular formula is C32H34F7NO5S. The van der Waals surface area contributed by atoms with Crippen molar-refractivity contribution in [3.05, 3.63) is 64.7 Å². The van der Waals surface area contributed by atoms with Gasteiger partial charge in [0.15, 0.2) is 9.84 Å². The molecule has 2 atom stereocenters. The summed E-state index contributed by atoms with van der Waals surface area (Å²) in [6, 6.07) is 7.48. The van der Waals surface area contributed by atoms with Crippen LogP contribution in [0.15, 0.2) is 47.4 Å². The summed E-state index contributed by atoms with van der Waals surface area (Å²) in [7, 11) is -4.34. The Kier molecular flexibility index (Phi) is 9.02. The Hall–Kier alpha value is -3.16. The molecule has 1 N–H and O–H groups in total. The molecule has 14 heteroatoms. The summed E-state index contributed by atoms with van der Waals surface area (Å²) < 4.78 is 124. The predicted octanol–water partition coefficient (Wildman–Crippen LogP) is 7.35. The molecule has 2 saturated carbocycles. The molecule has 0 bridgehead atoms. The summed E-state index contributed by atoms with van der Waals surface area (Å²) >= 11 is 0. The number of hydrogen-bond acceptors (Lipinski definition) is 4. The fourth-order valence-electron chi connectivity index (χ4n) is 7.64. The first-order valence-corrected chi connectivity index (χ1v) is 16.7. The van der Waals surface area contributed by atoms with Crippen LogP contribution in [0.3, 0.4) is 0 Å². The largest absolute Gasteiger partial charge is 0.483 e. The molecule has 2 aromatic carbocycles. The van der Waals surface area contributed by atoms with Crippen molar-refractivity contribution >= 4 is 22.2 Å². The van der Waals surface area contributed by atoms with E-state index in [9.17, 15) is 39.6 Å². The summed E-state index contributed by atoms with van der Waals surface area (Å²) in [5.74, 6) is -0.203. The van der Waals surface area contributed by atoms with Crippen molar-refractivity contribution < 1.29 is 53.8 Å². The quantitative estimate of drug-likeness (QED) is 0.264. The molecule has 4 aliphatic rings. The second-order valence-corrected chi connectivity index (χ2v) is 14.7. The van der Waals surface area contributed by atoms with E-state index in [4.69, 9.17) is 9.90 Å². The minimum absolute atomic E-state index is 0.00351. The second-order valence-electron chi connectivity index (χ2n) is 12.5. The fraction of sp³-hybridized carbons (Fsp3) is 0.562. The van der Waals surface area contributed by atoms with E-state index in [0.717, 1.165) is 43.7 Å². The Morgan fingerprint density at radius 3 is 2.11 bits per heavy atom. The van der Waals surface area contributed by atoms with Gasteiger partial charge in [-0.1, -0.05) is 49.6 Å². The lowest BCUT2D eigenvalue weighted by Crippen LogP contribution is -2.53. The SMILES string of the molecule is O=C(C1CCCCC1)N1CCC2(S(=O)(=O)c3cccc(C4CC4)c3)c3ccc(C(F)(C(F)(F)F)C(F)(F)F)cc3CCC12.O=CO. The molecule has 1 amide bonds. The highest BCUT2D eigenvalue weighted by Crippen LogP contribution is 2.57. The van der Waals surface area contributed by atoms with Gasteiger partial charge in [-0.15, -0.1) is 0 Å². The van der Waals surface area contributed by atoms with Gasteiger partial charge in [-0.05, 0) is 79.7 Å². The standard InChI is InChI=1S/C31H32F7NO3S.CH2O2/c32-29(30(33,34)35,31(36,37)38)23-12-13-25-22(17-23)11-14-26-28(25,15-16-39(26)27(40)20-5-2-1-3-6-20)43(41,42)24-8-4-7-21(18-24)19-9-10-19;2-1-3/h4,7-8,12-13,17-20,26H,1-3,5-6,9-11,14-16H2;1H,(H,2,3). The Balaban J connectivity index is 0.00000134. The maximum Gasteiger partial charge on any atom is 0.435 e. The number of fused-ring (bicyclic) bond motifs is 3. The zero-order chi connectivity index (χ0) is 33.7. The molecule has 46 heavy (non-hydrogen) atoms. The molecule has 2 unspecified atom stereocenters. The van der Waals surface area contributed by atoms with E-state index in [1.54, 1.807) is 17.0 Å². The van der Waals surface area contributed by atoms with Crippen molar-refractivity contribution in [1.82, 2.24) is 4.90 Å². The molecule has 1 aliphatic heterocycles. The number of carboxylic acid groups (broad SMARTS) is 1. The van der Waals surface area contributed by atoms with Gasteiger partial charge in [0.2, 0.25) is 5.91 Å². The van der Waals surface area contributed by atoms with E-state index in [-0.39, 0.29) is 66.0 Å². The van der Waals surface area contributed by atoms with Gasteiger partial charge in [-0.25, -0.2) is 12.8 Å². The zero-order valence-corrected chi connectivity index (χ0v) is 25.5. The van der Waals surface area contributed by atoms with Gasteiger partial charge in [-0.3, -0.25) is 9.59 Å². The van der Waals surface area contributed by atoms with E-state index in [2.05, 4.69) is 0 Å². The van der Waals surface area contributed by atoms with Crippen molar-refractivity contribution in [3.63, 3.8) is 0 Å². The molecule has 1 heterocycles. The number of likely N-dealkylation sites (tertiary alicyclic amines) is 1. The van der Waals surface area contributed by atoms with Crippen LogP contribution in [0.5, 0.6) is 0 Å². The lowest BCUT2D eigenvalue weighted by Gasteiger charge is -2.43. The van der Waals surface area contributed by atoms with Crippen LogP contribution in [0.25, 0.3) is 0 Å². The van der Waals surface area contributed by atoms with E-state index in [1.807, 2.05) is 6.07 Å². The van der Waals surface area contributed by atoms with Crippen molar-refractivity contribution in [1.29, 1.82) is 0 Å². The maximum absolute atomic E-state index is 15.0. The van der Waals surface area contributed by atoms with Crippen LogP contribution in [0, 0.1) is 5.92 Å². The molecule has 3 fully saturated rings. The lowest BCUT2D eigenvalue weighted by atomic mass is 9.76. The van der Waals surface area contributed by atoms with Crippen LogP contribution in [0.2, 0.25) is 0 Å². The van der Waals surface area contributed by atoms with Crippen LogP contribution in [-0.4, -0.2) is 55.7 Å². The first kappa shape index (κ1) is 34.2. The van der Waals surface area contributed by atoms with Gasteiger partial charge in [0.05, 0.1) is 10.9 Å². The minimum atomic E-state index is -6.29. The molecule has 6 nitrogen and oxygen atoms in total. The molecule has 252 valence electrons. The van der Waals surface area contributed by atoms with Crippen LogP contribution in [0.4, 0.5) is 30.7 Å². The molecule has 0 radical (unpaired) electrons. The number of nitrogens with zero attached hydrogens (tertiary/aromatic N) is 1. The Labute approximate surface area is 261 Å². The highest BCUT2D eigenvalue weighted by molar-refractivity contribution is 7.92. The van der Waals surface area contributed by atoms with Crippen LogP contribution >= 0.6 is 0 Å². The molecule has 2 aromatic rings. The van der Waals surface area contributed by atoms with E-state index in [1.165, 1.54) is 6.07 Å². The Bertz CT molecular complexity index is 1570. The third-order valence-electron chi connectivity index (χ3n) is 10.0. The Morgan fingerprint density at radius 1 is 0.891 bits per heavy atom. The molecule has 1 saturated heterocycles. The van der Waals surface area contributed by atoms with Crippen LogP contribution in [-0.2, 0) is 36.3 Å². The molecule has 3 aliphatic carbocycles. The zero-order valence-electron chi connectivity index (χ0n) is 24.7. The lowest BCUT2D eigenvalue weighted by molar-refractivity contribution is -0.348. The summed E-state index contributed by atoms with van der Waals surface area (Å²) in [4.78, 5) is 23.7. The average molecular weight is 678 g/mol. The number of hydrogen-bond donors (Lipinski definition) is 1. The van der Waals surface area contributed by atoms with Crippen molar-refractivity contribution in [2.75, 3.05) is 6.54 Å². The summed E-state index contributed by atoms with van der Waals surface area (Å²) in [5, 5.41) is 6.89. The van der Waals surface area contributed by atoms with Gasteiger partial charge in [0, 0.05) is 18.0 Å². The van der Waals surface area contributed by atoms with Gasteiger partial charge >= 0.3 is 18.0 Å². The average Bonchev–Trinajstić information content (AvgIpc) is 3.79. The monoisotopic (exact) mass is 677 g/mol. The smallest absolute Gasteiger partial charge is 0.435 e. The normalized spacial score (nSPS) is 24.0. The number of amides is 1. The van der Waals surface area contributed by atoms with E-state index < -0.39 is 44.2 Å². The molecular weight excluding hydrogens is 643 g/mol. The molecule has 0 aromatic heterocycles. The number of carbonyl (C=O) groups is 2. The Morgan fingerprint density at radius 2 is 1.52 bits per heavy atom. The highest BCUT2D eigenvalue weighted by atomic mass is 32.2. The third kappa shape index (κ3) is 5.47. The van der Waals surface area contributed by atoms with Crippen molar-refractivity contribution in [2.24, 2.45) is 5.92 Å². The van der Waals surface area contributed by atoms with E-state index >= 15 is 4.39 Å². The summed E-state index contributed by atoms with van der Waals surface area (Å²) in [5.41, 5.74) is -6.48. The predicted molar refractivity (Wildman–Crippen MR) is 152 cm³/mol. The summed E-state index contributed by atoms with van der Waals surface area (Å²) in [6.07, 6.45) is -6.81. The number of aryl methyl sites for hydroxylation is 1. The number of alkyl halides is 7. The third-order valence-corrected chi connectivity index (χ3v) is 12.5. The minimum Gasteiger partial charge on any atom is -0.483 e. The first-order chi connectivity index (χ1) is 21.5.